The van der Waals surface area contributed by atoms with Crippen molar-refractivity contribution in [2.24, 2.45) is 5.10 Å². The standard InChI is InChI=1S/C27H29N3O4/c1-2-3-17-33-24-15-13-22(14-16-24)27(32)28-19-26(31)30-29-18-23-11-7-8-12-25(23)34-20-21-9-5-4-6-10-21/h4-16,18H,2-3,17,19-20H2,1H3,(H,28,32)(H,30,31). The van der Waals surface area contributed by atoms with Gasteiger partial charge in [-0.3, -0.25) is 9.59 Å². The van der Waals surface area contributed by atoms with Gasteiger partial charge in [-0.15, -0.1) is 0 Å². The first-order valence-electron chi connectivity index (χ1n) is 11.2. The summed E-state index contributed by atoms with van der Waals surface area (Å²) in [5, 5.41) is 6.56. The molecule has 176 valence electrons. The van der Waals surface area contributed by atoms with E-state index >= 15 is 0 Å². The molecule has 0 saturated heterocycles. The van der Waals surface area contributed by atoms with Gasteiger partial charge >= 0.3 is 0 Å². The minimum absolute atomic E-state index is 0.197. The molecule has 3 aromatic rings. The second-order valence-corrected chi connectivity index (χ2v) is 7.51. The normalized spacial score (nSPS) is 10.6. The molecule has 3 aromatic carbocycles. The van der Waals surface area contributed by atoms with Crippen molar-refractivity contribution in [3.8, 4) is 11.5 Å². The average Bonchev–Trinajstić information content (AvgIpc) is 2.88. The average molecular weight is 460 g/mol. The molecule has 34 heavy (non-hydrogen) atoms. The van der Waals surface area contributed by atoms with Crippen LogP contribution in [0.2, 0.25) is 0 Å². The van der Waals surface area contributed by atoms with Crippen LogP contribution in [0.15, 0.2) is 84.0 Å². The van der Waals surface area contributed by atoms with Crippen LogP contribution in [0.1, 0.15) is 41.3 Å². The van der Waals surface area contributed by atoms with Gasteiger partial charge in [0.2, 0.25) is 0 Å². The number of amides is 2. The highest BCUT2D eigenvalue weighted by Crippen LogP contribution is 2.17. The molecule has 0 saturated carbocycles. The molecule has 0 aliphatic rings. The van der Waals surface area contributed by atoms with E-state index in [0.717, 1.165) is 24.0 Å². The quantitative estimate of drug-likeness (QED) is 0.240. The highest BCUT2D eigenvalue weighted by atomic mass is 16.5. The summed E-state index contributed by atoms with van der Waals surface area (Å²) >= 11 is 0. The summed E-state index contributed by atoms with van der Waals surface area (Å²) in [6, 6.07) is 24.1. The third-order valence-electron chi connectivity index (χ3n) is 4.84. The molecule has 0 atom stereocenters. The molecule has 0 aliphatic carbocycles. The van der Waals surface area contributed by atoms with E-state index in [1.165, 1.54) is 6.21 Å². The number of carbonyl (C=O) groups excluding carboxylic acids is 2. The van der Waals surface area contributed by atoms with Crippen LogP contribution < -0.4 is 20.2 Å². The second kappa shape index (κ2) is 13.4. The van der Waals surface area contributed by atoms with Crippen molar-refractivity contribution in [3.63, 3.8) is 0 Å². The van der Waals surface area contributed by atoms with Gasteiger partial charge in [-0.2, -0.15) is 5.10 Å². The Morgan fingerprint density at radius 2 is 1.65 bits per heavy atom. The van der Waals surface area contributed by atoms with E-state index in [-0.39, 0.29) is 12.5 Å². The van der Waals surface area contributed by atoms with Gasteiger partial charge in [-0.25, -0.2) is 5.43 Å². The maximum Gasteiger partial charge on any atom is 0.259 e. The number of carbonyl (C=O) groups is 2. The smallest absolute Gasteiger partial charge is 0.259 e. The molecule has 0 spiro atoms. The van der Waals surface area contributed by atoms with Crippen LogP contribution in [0.25, 0.3) is 0 Å². The summed E-state index contributed by atoms with van der Waals surface area (Å²) in [4.78, 5) is 24.3. The number of ether oxygens (including phenoxy) is 2. The van der Waals surface area contributed by atoms with Crippen molar-refractivity contribution in [3.05, 3.63) is 95.6 Å². The van der Waals surface area contributed by atoms with Crippen LogP contribution in [-0.4, -0.2) is 31.2 Å². The van der Waals surface area contributed by atoms with Crippen LogP contribution in [0, 0.1) is 0 Å². The van der Waals surface area contributed by atoms with Crippen molar-refractivity contribution in [1.29, 1.82) is 0 Å². The highest BCUT2D eigenvalue weighted by Gasteiger charge is 2.08. The zero-order valence-electron chi connectivity index (χ0n) is 19.2. The summed E-state index contributed by atoms with van der Waals surface area (Å²) in [6.07, 6.45) is 3.55. The minimum atomic E-state index is -0.438. The van der Waals surface area contributed by atoms with Crippen LogP contribution in [0.5, 0.6) is 11.5 Å². The largest absolute Gasteiger partial charge is 0.494 e. The lowest BCUT2D eigenvalue weighted by Gasteiger charge is -2.09. The lowest BCUT2D eigenvalue weighted by molar-refractivity contribution is -0.120. The van der Waals surface area contributed by atoms with Crippen molar-refractivity contribution >= 4 is 18.0 Å². The van der Waals surface area contributed by atoms with Gasteiger partial charge in [0.1, 0.15) is 18.1 Å². The number of unbranched alkanes of at least 4 members (excludes halogenated alkanes) is 1. The number of hydrogen-bond donors (Lipinski definition) is 2. The van der Waals surface area contributed by atoms with Gasteiger partial charge in [-0.1, -0.05) is 55.8 Å². The molecule has 7 nitrogen and oxygen atoms in total. The first-order chi connectivity index (χ1) is 16.7. The molecule has 0 aromatic heterocycles. The predicted molar refractivity (Wildman–Crippen MR) is 132 cm³/mol. The Kier molecular flexibility index (Phi) is 9.68. The first-order valence-corrected chi connectivity index (χ1v) is 11.2. The van der Waals surface area contributed by atoms with E-state index in [9.17, 15) is 9.59 Å². The molecule has 0 bridgehead atoms. The Bertz CT molecular complexity index is 1080. The number of hydrogen-bond acceptors (Lipinski definition) is 5. The maximum absolute atomic E-state index is 12.3. The number of nitrogens with zero attached hydrogens (tertiary/aromatic N) is 1. The van der Waals surface area contributed by atoms with Crippen LogP contribution >= 0.6 is 0 Å². The van der Waals surface area contributed by atoms with Crippen molar-refractivity contribution in [1.82, 2.24) is 10.7 Å². The Balaban J connectivity index is 1.44. The van der Waals surface area contributed by atoms with Crippen molar-refractivity contribution in [2.45, 2.75) is 26.4 Å². The number of benzene rings is 3. The Hall–Kier alpha value is -4.13. The summed E-state index contributed by atoms with van der Waals surface area (Å²) < 4.78 is 11.5. The molecule has 2 N–H and O–H groups in total. The molecule has 3 rings (SSSR count). The Morgan fingerprint density at radius 1 is 0.912 bits per heavy atom. The van der Waals surface area contributed by atoms with E-state index in [1.807, 2.05) is 54.6 Å². The fourth-order valence-corrected chi connectivity index (χ4v) is 2.97. The number of nitrogens with one attached hydrogen (secondary N) is 2. The molecule has 0 radical (unpaired) electrons. The van der Waals surface area contributed by atoms with Gasteiger partial charge < -0.3 is 14.8 Å². The minimum Gasteiger partial charge on any atom is -0.494 e. The van der Waals surface area contributed by atoms with Gasteiger partial charge in [0.25, 0.3) is 11.8 Å². The van der Waals surface area contributed by atoms with Gasteiger partial charge in [0.05, 0.1) is 19.4 Å². The third-order valence-corrected chi connectivity index (χ3v) is 4.84. The molecule has 7 heteroatoms. The van der Waals surface area contributed by atoms with E-state index in [0.29, 0.717) is 30.3 Å². The van der Waals surface area contributed by atoms with Crippen LogP contribution in [0.4, 0.5) is 0 Å². The molecular weight excluding hydrogens is 430 g/mol. The van der Waals surface area contributed by atoms with Crippen LogP contribution in [0.3, 0.4) is 0 Å². The molecule has 0 aliphatic heterocycles. The molecule has 0 heterocycles. The molecule has 0 fully saturated rings. The van der Waals surface area contributed by atoms with Crippen LogP contribution in [-0.2, 0) is 11.4 Å². The van der Waals surface area contributed by atoms with E-state index < -0.39 is 5.91 Å². The lowest BCUT2D eigenvalue weighted by atomic mass is 10.2. The zero-order chi connectivity index (χ0) is 24.0. The third kappa shape index (κ3) is 8.09. The molecule has 0 unspecified atom stereocenters. The van der Waals surface area contributed by atoms with E-state index in [2.05, 4.69) is 22.8 Å². The topological polar surface area (TPSA) is 89.0 Å². The van der Waals surface area contributed by atoms with E-state index in [4.69, 9.17) is 9.47 Å². The Morgan fingerprint density at radius 3 is 2.41 bits per heavy atom. The van der Waals surface area contributed by atoms with Crippen molar-refractivity contribution < 1.29 is 19.1 Å². The summed E-state index contributed by atoms with van der Waals surface area (Å²) in [7, 11) is 0. The van der Waals surface area contributed by atoms with E-state index in [1.54, 1.807) is 24.3 Å². The van der Waals surface area contributed by atoms with Gasteiger partial charge in [0, 0.05) is 11.1 Å². The molecule has 2 amide bonds. The fraction of sp³-hybridized carbons (Fsp3) is 0.222. The fourth-order valence-electron chi connectivity index (χ4n) is 2.97. The summed E-state index contributed by atoms with van der Waals surface area (Å²) in [5.74, 6) is 0.579. The van der Waals surface area contributed by atoms with Gasteiger partial charge in [-0.05, 0) is 48.4 Å². The molecular formula is C27H29N3O4. The van der Waals surface area contributed by atoms with Crippen molar-refractivity contribution in [2.75, 3.05) is 13.2 Å². The zero-order valence-corrected chi connectivity index (χ0v) is 19.2. The lowest BCUT2D eigenvalue weighted by Crippen LogP contribution is -2.34. The maximum atomic E-state index is 12.3. The summed E-state index contributed by atoms with van der Waals surface area (Å²) in [5.41, 5.74) is 4.64. The number of hydrazone groups is 1. The SMILES string of the molecule is CCCCOc1ccc(C(=O)NCC(=O)NN=Cc2ccccc2OCc2ccccc2)cc1. The summed E-state index contributed by atoms with van der Waals surface area (Å²) in [6.45, 7) is 2.97. The predicted octanol–water partition coefficient (Wildman–Crippen LogP) is 4.32. The van der Waals surface area contributed by atoms with Gasteiger partial charge in [0.15, 0.2) is 0 Å². The second-order valence-electron chi connectivity index (χ2n) is 7.51. The first kappa shape index (κ1) is 24.5. The Labute approximate surface area is 199 Å². The monoisotopic (exact) mass is 459 g/mol. The number of rotatable bonds is 12. The highest BCUT2D eigenvalue weighted by molar-refractivity contribution is 5.96. The number of para-hydroxylation sites is 1.